The van der Waals surface area contributed by atoms with Crippen LogP contribution in [0.5, 0.6) is 0 Å². The van der Waals surface area contributed by atoms with Gasteiger partial charge in [0.1, 0.15) is 0 Å². The predicted molar refractivity (Wildman–Crippen MR) is 170 cm³/mol. The fraction of sp³-hybridized carbons (Fsp3) is 0.676. The third-order valence-corrected chi connectivity index (χ3v) is 11.2. The molecule has 0 aliphatic heterocycles. The van der Waals surface area contributed by atoms with Crippen molar-refractivity contribution in [2.45, 2.75) is 126 Å². The van der Waals surface area contributed by atoms with E-state index in [4.69, 9.17) is 0 Å². The summed E-state index contributed by atoms with van der Waals surface area (Å²) in [5.74, 6) is -1.92. The van der Waals surface area contributed by atoms with Crippen LogP contribution in [0.1, 0.15) is 102 Å². The normalized spacial score (nSPS) is 28.7. The van der Waals surface area contributed by atoms with Crippen molar-refractivity contribution in [2.75, 3.05) is 23.7 Å². The van der Waals surface area contributed by atoms with Gasteiger partial charge in [0.2, 0.25) is 0 Å². The van der Waals surface area contributed by atoms with Crippen LogP contribution in [0.15, 0.2) is 0 Å². The van der Waals surface area contributed by atoms with E-state index in [1.165, 1.54) is 11.1 Å². The summed E-state index contributed by atoms with van der Waals surface area (Å²) in [4.78, 5) is 0. The highest BCUT2D eigenvalue weighted by molar-refractivity contribution is 5.68. The van der Waals surface area contributed by atoms with Crippen LogP contribution in [0.2, 0.25) is 0 Å². The smallest absolute Gasteiger partial charge is 0.0410 e. The summed E-state index contributed by atoms with van der Waals surface area (Å²) in [5.41, 5.74) is 12.3. The van der Waals surface area contributed by atoms with Gasteiger partial charge >= 0.3 is 0 Å². The zero-order valence-electron chi connectivity index (χ0n) is 28.5. The molecular weight excluding hydrogens is 536 g/mol. The molecule has 0 radical (unpaired) electrons. The molecule has 2 aromatic carbocycles. The quantitative estimate of drug-likeness (QED) is 0.436. The fourth-order valence-corrected chi connectivity index (χ4v) is 7.61. The van der Waals surface area contributed by atoms with Gasteiger partial charge in [0.05, 0.1) is 0 Å². The molecule has 2 aromatic rings. The second kappa shape index (κ2) is 12.7. The standard InChI is InChI=1S/C37H54N2O4/c1-16(2)14-38-32-24(11)20(7)18(5)22(9)28(32)30-34(40)26(35(30)41)13-27-36(42)31(37(27)43)29-23(10)19(6)21(8)25(12)33(29)39-15-17(3)4/h16-17,26-27,30-31,34-39H,13-15H2,1-12H3/q-4. The van der Waals surface area contributed by atoms with Crippen molar-refractivity contribution >= 4 is 11.4 Å². The van der Waals surface area contributed by atoms with Crippen LogP contribution in [0, 0.1) is 79.1 Å². The summed E-state index contributed by atoms with van der Waals surface area (Å²) in [5, 5.41) is 62.3. The Balaban J connectivity index is 1.58. The minimum atomic E-state index is -1.12. The molecule has 0 spiro atoms. The van der Waals surface area contributed by atoms with E-state index in [2.05, 4.69) is 79.9 Å². The van der Waals surface area contributed by atoms with Gasteiger partial charge in [-0.2, -0.15) is 0 Å². The van der Waals surface area contributed by atoms with Crippen molar-refractivity contribution in [1.29, 1.82) is 0 Å². The molecule has 6 nitrogen and oxygen atoms in total. The minimum Gasteiger partial charge on any atom is -0.851 e. The summed E-state index contributed by atoms with van der Waals surface area (Å²) in [6.45, 7) is 26.5. The molecule has 2 fully saturated rings. The van der Waals surface area contributed by atoms with Crippen molar-refractivity contribution in [3.05, 3.63) is 55.6 Å². The van der Waals surface area contributed by atoms with E-state index in [-0.39, 0.29) is 6.42 Å². The molecule has 4 unspecified atom stereocenters. The molecule has 0 aromatic heterocycles. The second-order valence-corrected chi connectivity index (χ2v) is 14.6. The lowest BCUT2D eigenvalue weighted by atomic mass is 9.56. The third-order valence-electron chi connectivity index (χ3n) is 11.2. The molecule has 0 amide bonds. The fourth-order valence-electron chi connectivity index (χ4n) is 7.61. The molecule has 2 aliphatic carbocycles. The van der Waals surface area contributed by atoms with Crippen LogP contribution in [0.25, 0.3) is 0 Å². The minimum absolute atomic E-state index is 0.132. The van der Waals surface area contributed by atoms with Gasteiger partial charge in [-0.15, -0.1) is 24.4 Å². The van der Waals surface area contributed by atoms with Crippen molar-refractivity contribution in [3.8, 4) is 0 Å². The lowest BCUT2D eigenvalue weighted by Gasteiger charge is -2.68. The Morgan fingerprint density at radius 1 is 0.465 bits per heavy atom. The summed E-state index contributed by atoms with van der Waals surface area (Å²) < 4.78 is 0. The van der Waals surface area contributed by atoms with E-state index < -0.39 is 48.1 Å². The maximum absolute atomic E-state index is 13.8. The molecule has 2 aliphatic rings. The summed E-state index contributed by atoms with van der Waals surface area (Å²) in [6.07, 6.45) is -4.33. The Morgan fingerprint density at radius 2 is 0.744 bits per heavy atom. The molecule has 43 heavy (non-hydrogen) atoms. The Labute approximate surface area is 260 Å². The van der Waals surface area contributed by atoms with Crippen LogP contribution >= 0.6 is 0 Å². The summed E-state index contributed by atoms with van der Waals surface area (Å²) >= 11 is 0. The highest BCUT2D eigenvalue weighted by Crippen LogP contribution is 2.53. The van der Waals surface area contributed by atoms with E-state index in [9.17, 15) is 20.4 Å². The van der Waals surface area contributed by atoms with Crippen molar-refractivity contribution in [2.24, 2.45) is 23.7 Å². The van der Waals surface area contributed by atoms with Gasteiger partial charge in [-0.05, 0) is 135 Å². The van der Waals surface area contributed by atoms with Crippen molar-refractivity contribution < 1.29 is 20.4 Å². The lowest BCUT2D eigenvalue weighted by Crippen LogP contribution is -2.70. The van der Waals surface area contributed by atoms with E-state index in [1.807, 2.05) is 13.8 Å². The Hall–Kier alpha value is -2.12. The maximum atomic E-state index is 13.8. The highest BCUT2D eigenvalue weighted by atomic mass is 16.3. The Bertz CT molecular complexity index is 1230. The maximum Gasteiger partial charge on any atom is 0.0410 e. The Morgan fingerprint density at radius 3 is 1.02 bits per heavy atom. The molecule has 0 bridgehead atoms. The third kappa shape index (κ3) is 5.74. The molecule has 240 valence electrons. The van der Waals surface area contributed by atoms with Crippen LogP contribution < -0.4 is 31.1 Å². The number of nitrogens with one attached hydrogen (secondary N) is 2. The first-order chi connectivity index (χ1) is 20.0. The second-order valence-electron chi connectivity index (χ2n) is 14.6. The first kappa shape index (κ1) is 33.8. The van der Waals surface area contributed by atoms with Gasteiger partial charge in [-0.3, -0.25) is 0 Å². The molecular formula is C37H54N2O4-4. The summed E-state index contributed by atoms with van der Waals surface area (Å²) in [6, 6.07) is 0. The van der Waals surface area contributed by atoms with Gasteiger partial charge in [0, 0.05) is 24.5 Å². The van der Waals surface area contributed by atoms with Gasteiger partial charge in [-0.1, -0.05) is 46.0 Å². The van der Waals surface area contributed by atoms with E-state index in [0.29, 0.717) is 11.8 Å². The average Bonchev–Trinajstić information content (AvgIpc) is 2.95. The van der Waals surface area contributed by atoms with E-state index >= 15 is 0 Å². The largest absolute Gasteiger partial charge is 0.851 e. The van der Waals surface area contributed by atoms with E-state index in [0.717, 1.165) is 69.0 Å². The SMILES string of the molecule is Cc1c(C)c(C)c(C2C([O-])C(CC3C([O-])C(c4c(C)c(C)c(C)c(C)c4NCC(C)C)C3[O-])C2[O-])c(NCC(C)C)c1C. The van der Waals surface area contributed by atoms with Gasteiger partial charge in [0.25, 0.3) is 0 Å². The van der Waals surface area contributed by atoms with Gasteiger partial charge < -0.3 is 31.1 Å². The predicted octanol–water partition coefficient (Wildman–Crippen LogP) is 3.72. The van der Waals surface area contributed by atoms with Crippen LogP contribution in [0.4, 0.5) is 11.4 Å². The van der Waals surface area contributed by atoms with Gasteiger partial charge in [0.15, 0.2) is 0 Å². The first-order valence-corrected chi connectivity index (χ1v) is 16.3. The zero-order chi connectivity index (χ0) is 32.2. The van der Waals surface area contributed by atoms with Crippen LogP contribution in [-0.2, 0) is 0 Å². The lowest BCUT2D eigenvalue weighted by molar-refractivity contribution is -0.567. The molecule has 0 heterocycles. The monoisotopic (exact) mass is 590 g/mol. The molecule has 2 N–H and O–H groups in total. The highest BCUT2D eigenvalue weighted by Gasteiger charge is 2.46. The molecule has 4 rings (SSSR count). The average molecular weight is 591 g/mol. The number of hydrogen-bond acceptors (Lipinski definition) is 6. The molecule has 0 saturated heterocycles. The van der Waals surface area contributed by atoms with Crippen LogP contribution in [-0.4, -0.2) is 37.5 Å². The number of rotatable bonds is 10. The molecule has 4 atom stereocenters. The van der Waals surface area contributed by atoms with Gasteiger partial charge in [-0.25, -0.2) is 0 Å². The number of hydrogen-bond donors (Lipinski definition) is 2. The number of anilines is 2. The first-order valence-electron chi connectivity index (χ1n) is 16.3. The molecule has 6 heteroatoms. The topological polar surface area (TPSA) is 116 Å². The number of benzene rings is 2. The summed E-state index contributed by atoms with van der Waals surface area (Å²) in [7, 11) is 0. The van der Waals surface area contributed by atoms with Crippen LogP contribution in [0.3, 0.4) is 0 Å². The molecule has 2 saturated carbocycles. The zero-order valence-corrected chi connectivity index (χ0v) is 28.5. The Kier molecular flexibility index (Phi) is 9.98. The van der Waals surface area contributed by atoms with E-state index in [1.54, 1.807) is 0 Å². The van der Waals surface area contributed by atoms with Crippen molar-refractivity contribution in [1.82, 2.24) is 0 Å². The van der Waals surface area contributed by atoms with Crippen molar-refractivity contribution in [3.63, 3.8) is 0 Å².